The van der Waals surface area contributed by atoms with Crippen molar-refractivity contribution in [3.05, 3.63) is 46.0 Å². The van der Waals surface area contributed by atoms with Gasteiger partial charge in [0.1, 0.15) is 12.2 Å². The van der Waals surface area contributed by atoms with Gasteiger partial charge in [-0.3, -0.25) is 10.1 Å². The number of aliphatic hydroxyl groups excluding tert-OH is 2. The molecule has 0 bridgehead atoms. The van der Waals surface area contributed by atoms with E-state index in [1.54, 1.807) is 30.3 Å². The van der Waals surface area contributed by atoms with Gasteiger partial charge in [0.05, 0.1) is 5.92 Å². The van der Waals surface area contributed by atoms with E-state index >= 15 is 0 Å². The molecule has 1 aliphatic heterocycles. The third kappa shape index (κ3) is 2.72. The number of hydrogen-bond acceptors (Lipinski definition) is 6. The fraction of sp³-hybridized carbons (Fsp3) is 0.417. The molecule has 1 aromatic carbocycles. The Bertz CT molecular complexity index is 476. The van der Waals surface area contributed by atoms with Crippen molar-refractivity contribution >= 4 is 5.97 Å². The molecule has 7 nitrogen and oxygen atoms in total. The summed E-state index contributed by atoms with van der Waals surface area (Å²) >= 11 is 0. The van der Waals surface area contributed by atoms with Gasteiger partial charge in [0.25, 0.3) is 0 Å². The Morgan fingerprint density at radius 3 is 2.42 bits per heavy atom. The van der Waals surface area contributed by atoms with Crippen LogP contribution in [0.1, 0.15) is 11.5 Å². The van der Waals surface area contributed by atoms with Gasteiger partial charge in [-0.25, -0.2) is 4.79 Å². The van der Waals surface area contributed by atoms with E-state index in [0.29, 0.717) is 5.56 Å². The molecule has 1 fully saturated rings. The first-order valence-electron chi connectivity index (χ1n) is 5.74. The number of benzene rings is 1. The van der Waals surface area contributed by atoms with Crippen LogP contribution in [0.25, 0.3) is 0 Å². The largest absolute Gasteiger partial charge is 0.457 e. The Kier molecular flexibility index (Phi) is 3.77. The molecule has 1 aliphatic rings. The third-order valence-electron chi connectivity index (χ3n) is 3.12. The first-order chi connectivity index (χ1) is 9.00. The van der Waals surface area contributed by atoms with Crippen LogP contribution in [0.4, 0.5) is 0 Å². The molecule has 2 N–H and O–H groups in total. The highest BCUT2D eigenvalue weighted by molar-refractivity contribution is 5.78. The van der Waals surface area contributed by atoms with Crippen LogP contribution in [0.3, 0.4) is 0 Å². The SMILES string of the molecule is O=C1O[C@@H]([C@@H](C[N+](=O)[O-])c2ccccc2)[C@H](O)[C@@H]1O. The van der Waals surface area contributed by atoms with Gasteiger partial charge in [0.2, 0.25) is 6.54 Å². The van der Waals surface area contributed by atoms with E-state index in [2.05, 4.69) is 0 Å². The lowest BCUT2D eigenvalue weighted by molar-refractivity contribution is -0.485. The number of nitro groups is 1. The number of esters is 1. The zero-order valence-corrected chi connectivity index (χ0v) is 9.88. The minimum Gasteiger partial charge on any atom is -0.457 e. The van der Waals surface area contributed by atoms with Crippen LogP contribution < -0.4 is 0 Å². The summed E-state index contributed by atoms with van der Waals surface area (Å²) in [6, 6.07) is 8.45. The van der Waals surface area contributed by atoms with Crippen molar-refractivity contribution in [2.75, 3.05) is 6.54 Å². The Labute approximate surface area is 108 Å². The molecule has 0 aromatic heterocycles. The maximum Gasteiger partial charge on any atom is 0.338 e. The monoisotopic (exact) mass is 267 g/mol. The first-order valence-corrected chi connectivity index (χ1v) is 5.74. The van der Waals surface area contributed by atoms with Crippen LogP contribution in [0.2, 0.25) is 0 Å². The van der Waals surface area contributed by atoms with E-state index in [1.165, 1.54) is 0 Å². The summed E-state index contributed by atoms with van der Waals surface area (Å²) in [7, 11) is 0. The molecule has 102 valence electrons. The zero-order valence-electron chi connectivity index (χ0n) is 9.88. The average Bonchev–Trinajstić information content (AvgIpc) is 2.64. The van der Waals surface area contributed by atoms with Crippen LogP contribution in [0.5, 0.6) is 0 Å². The number of aliphatic hydroxyl groups is 2. The second kappa shape index (κ2) is 5.33. The summed E-state index contributed by atoms with van der Waals surface area (Å²) in [5, 5.41) is 29.9. The van der Waals surface area contributed by atoms with Crippen molar-refractivity contribution in [1.82, 2.24) is 0 Å². The predicted molar refractivity (Wildman–Crippen MR) is 62.9 cm³/mol. The molecule has 1 aromatic rings. The highest BCUT2D eigenvalue weighted by Crippen LogP contribution is 2.30. The van der Waals surface area contributed by atoms with Gasteiger partial charge in [-0.15, -0.1) is 0 Å². The van der Waals surface area contributed by atoms with E-state index in [9.17, 15) is 25.1 Å². The molecular formula is C12H13NO6. The normalized spacial score (nSPS) is 27.9. The number of hydrogen-bond donors (Lipinski definition) is 2. The van der Waals surface area contributed by atoms with Crippen LogP contribution in [0, 0.1) is 10.1 Å². The predicted octanol–water partition coefficient (Wildman–Crippen LogP) is -0.306. The summed E-state index contributed by atoms with van der Waals surface area (Å²) < 4.78 is 4.86. The molecular weight excluding hydrogens is 254 g/mol. The topological polar surface area (TPSA) is 110 Å². The molecule has 0 aliphatic carbocycles. The zero-order chi connectivity index (χ0) is 14.0. The van der Waals surface area contributed by atoms with Gasteiger partial charge in [-0.2, -0.15) is 0 Å². The van der Waals surface area contributed by atoms with Gasteiger partial charge >= 0.3 is 5.97 Å². The lowest BCUT2D eigenvalue weighted by Gasteiger charge is -2.22. The quantitative estimate of drug-likeness (QED) is 0.440. The molecule has 2 rings (SSSR count). The number of cyclic esters (lactones) is 1. The lowest BCUT2D eigenvalue weighted by Crippen LogP contribution is -2.37. The van der Waals surface area contributed by atoms with Crippen LogP contribution in [-0.2, 0) is 9.53 Å². The molecule has 1 saturated heterocycles. The molecule has 0 amide bonds. The summed E-state index contributed by atoms with van der Waals surface area (Å²) in [5.41, 5.74) is 0.574. The second-order valence-electron chi connectivity index (χ2n) is 4.37. The summed E-state index contributed by atoms with van der Waals surface area (Å²) in [5.74, 6) is -1.76. The van der Waals surface area contributed by atoms with E-state index in [4.69, 9.17) is 4.74 Å². The second-order valence-corrected chi connectivity index (χ2v) is 4.37. The molecule has 1 heterocycles. The third-order valence-corrected chi connectivity index (χ3v) is 3.12. The number of ether oxygens (including phenoxy) is 1. The molecule has 0 radical (unpaired) electrons. The standard InChI is InChI=1S/C12H13NO6/c14-9-10(15)12(16)19-11(9)8(6-13(17)18)7-4-2-1-3-5-7/h1-5,8-11,14-15H,6H2/t8-,9+,10-,11-/m0/s1. The van der Waals surface area contributed by atoms with Gasteiger partial charge in [0.15, 0.2) is 6.10 Å². The number of rotatable bonds is 4. The van der Waals surface area contributed by atoms with Crippen molar-refractivity contribution in [2.24, 2.45) is 0 Å². The Morgan fingerprint density at radius 2 is 1.95 bits per heavy atom. The number of nitrogens with zero attached hydrogens (tertiary/aromatic N) is 1. The van der Waals surface area contributed by atoms with Crippen LogP contribution >= 0.6 is 0 Å². The minimum atomic E-state index is -1.65. The maximum atomic E-state index is 11.2. The van der Waals surface area contributed by atoms with E-state index in [1.807, 2.05) is 0 Å². The molecule has 7 heteroatoms. The lowest BCUT2D eigenvalue weighted by atomic mass is 9.90. The van der Waals surface area contributed by atoms with Crippen LogP contribution in [0.15, 0.2) is 30.3 Å². The molecule has 4 atom stereocenters. The average molecular weight is 267 g/mol. The fourth-order valence-electron chi connectivity index (χ4n) is 2.17. The summed E-state index contributed by atoms with van der Waals surface area (Å²) in [6.45, 7) is -0.494. The maximum absolute atomic E-state index is 11.2. The Hall–Kier alpha value is -1.99. The number of carbonyl (C=O) groups is 1. The smallest absolute Gasteiger partial charge is 0.338 e. The first kappa shape index (κ1) is 13.4. The van der Waals surface area contributed by atoms with Crippen molar-refractivity contribution in [3.8, 4) is 0 Å². The molecule has 0 spiro atoms. The van der Waals surface area contributed by atoms with E-state index < -0.39 is 41.7 Å². The van der Waals surface area contributed by atoms with Crippen molar-refractivity contribution in [1.29, 1.82) is 0 Å². The Morgan fingerprint density at radius 1 is 1.32 bits per heavy atom. The van der Waals surface area contributed by atoms with Gasteiger partial charge in [0, 0.05) is 4.92 Å². The van der Waals surface area contributed by atoms with E-state index in [0.717, 1.165) is 0 Å². The summed E-state index contributed by atoms with van der Waals surface area (Å²) in [6.07, 6.45) is -4.23. The highest BCUT2D eigenvalue weighted by atomic mass is 16.6. The van der Waals surface area contributed by atoms with E-state index in [-0.39, 0.29) is 0 Å². The Balaban J connectivity index is 2.29. The molecule has 19 heavy (non-hydrogen) atoms. The minimum absolute atomic E-state index is 0.494. The van der Waals surface area contributed by atoms with Crippen LogP contribution in [-0.4, -0.2) is 46.0 Å². The van der Waals surface area contributed by atoms with Gasteiger partial charge < -0.3 is 14.9 Å². The molecule has 0 saturated carbocycles. The number of carbonyl (C=O) groups excluding carboxylic acids is 1. The van der Waals surface area contributed by atoms with Gasteiger partial charge in [-0.05, 0) is 5.56 Å². The van der Waals surface area contributed by atoms with Crippen molar-refractivity contribution in [2.45, 2.75) is 24.2 Å². The molecule has 0 unspecified atom stereocenters. The fourth-order valence-corrected chi connectivity index (χ4v) is 2.17. The van der Waals surface area contributed by atoms with Gasteiger partial charge in [-0.1, -0.05) is 30.3 Å². The van der Waals surface area contributed by atoms with Crippen molar-refractivity contribution in [3.63, 3.8) is 0 Å². The summed E-state index contributed by atoms with van der Waals surface area (Å²) in [4.78, 5) is 21.4. The highest BCUT2D eigenvalue weighted by Gasteiger charge is 2.48. The van der Waals surface area contributed by atoms with Crippen molar-refractivity contribution < 1.29 is 24.7 Å².